The van der Waals surface area contributed by atoms with E-state index in [1.165, 1.54) is 6.92 Å². The highest BCUT2D eigenvalue weighted by atomic mass is 16.5. The van der Waals surface area contributed by atoms with E-state index in [0.29, 0.717) is 11.3 Å². The monoisotopic (exact) mass is 282 g/mol. The topological polar surface area (TPSA) is 111 Å². The summed E-state index contributed by atoms with van der Waals surface area (Å²) in [6.07, 6.45) is -1.04. The summed E-state index contributed by atoms with van der Waals surface area (Å²) < 4.78 is 9.81. The number of ether oxygens (including phenoxy) is 2. The van der Waals surface area contributed by atoms with Gasteiger partial charge in [-0.05, 0) is 33.3 Å². The number of aromatic nitrogens is 1. The lowest BCUT2D eigenvalue weighted by atomic mass is 10.1. The van der Waals surface area contributed by atoms with Gasteiger partial charge in [-0.2, -0.15) is 0 Å². The molecule has 1 rings (SSSR count). The summed E-state index contributed by atoms with van der Waals surface area (Å²) in [6, 6.07) is 0. The van der Waals surface area contributed by atoms with Crippen LogP contribution in [0, 0.1) is 13.8 Å². The maximum Gasteiger partial charge on any atom is 0.355 e. The third-order valence-electron chi connectivity index (χ3n) is 2.81. The molecule has 0 aliphatic carbocycles. The van der Waals surface area contributed by atoms with Crippen LogP contribution in [0.3, 0.4) is 0 Å². The molecule has 0 aliphatic rings. The van der Waals surface area contributed by atoms with Crippen LogP contribution in [-0.4, -0.2) is 35.5 Å². The number of nitrogens with two attached hydrogens (primary N) is 1. The Labute approximate surface area is 116 Å². The van der Waals surface area contributed by atoms with Gasteiger partial charge in [0.25, 0.3) is 5.91 Å². The van der Waals surface area contributed by atoms with Gasteiger partial charge in [0, 0.05) is 5.69 Å². The maximum atomic E-state index is 12.0. The molecule has 110 valence electrons. The Hall–Kier alpha value is -2.31. The fraction of sp³-hybridized carbons (Fsp3) is 0.462. The van der Waals surface area contributed by atoms with Gasteiger partial charge in [0.05, 0.1) is 12.2 Å². The molecule has 1 heterocycles. The van der Waals surface area contributed by atoms with Crippen LogP contribution in [0.25, 0.3) is 0 Å². The molecular formula is C13H18N2O5. The standard InChI is InChI=1S/C13H18N2O5/c1-5-19-13(18)10-6(2)9(7(3)15-10)12(17)20-8(4)11(14)16/h8,15H,5H2,1-4H3,(H2,14,16)/t8-/m0/s1. The van der Waals surface area contributed by atoms with E-state index in [0.717, 1.165) is 0 Å². The lowest BCUT2D eigenvalue weighted by Crippen LogP contribution is -2.30. The molecule has 0 fully saturated rings. The number of H-pyrrole nitrogens is 1. The average Bonchev–Trinajstić information content (AvgIpc) is 2.64. The molecule has 0 aliphatic heterocycles. The maximum absolute atomic E-state index is 12.0. The number of hydrogen-bond acceptors (Lipinski definition) is 5. The molecule has 0 saturated heterocycles. The molecule has 0 bridgehead atoms. The molecule has 7 heteroatoms. The van der Waals surface area contributed by atoms with Gasteiger partial charge in [-0.3, -0.25) is 4.79 Å². The van der Waals surface area contributed by atoms with Gasteiger partial charge in [-0.1, -0.05) is 0 Å². The van der Waals surface area contributed by atoms with E-state index >= 15 is 0 Å². The predicted molar refractivity (Wildman–Crippen MR) is 70.3 cm³/mol. The lowest BCUT2D eigenvalue weighted by molar-refractivity contribution is -0.125. The summed E-state index contributed by atoms with van der Waals surface area (Å²) in [6.45, 7) is 6.52. The van der Waals surface area contributed by atoms with Crippen LogP contribution >= 0.6 is 0 Å². The van der Waals surface area contributed by atoms with Gasteiger partial charge in [-0.15, -0.1) is 0 Å². The summed E-state index contributed by atoms with van der Waals surface area (Å²) in [4.78, 5) is 37.4. The largest absolute Gasteiger partial charge is 0.461 e. The molecule has 0 spiro atoms. The van der Waals surface area contributed by atoms with E-state index in [1.54, 1.807) is 20.8 Å². The molecule has 1 aromatic rings. The summed E-state index contributed by atoms with van der Waals surface area (Å²) in [5, 5.41) is 0. The molecule has 0 unspecified atom stereocenters. The van der Waals surface area contributed by atoms with Crippen LogP contribution in [0.4, 0.5) is 0 Å². The molecule has 0 saturated carbocycles. The summed E-state index contributed by atoms with van der Waals surface area (Å²) in [5.41, 5.74) is 6.32. The van der Waals surface area contributed by atoms with Gasteiger partial charge < -0.3 is 20.2 Å². The highest BCUT2D eigenvalue weighted by Crippen LogP contribution is 2.20. The lowest BCUT2D eigenvalue weighted by Gasteiger charge is -2.09. The van der Waals surface area contributed by atoms with Crippen molar-refractivity contribution in [2.24, 2.45) is 5.73 Å². The number of carbonyl (C=O) groups excluding carboxylic acids is 3. The van der Waals surface area contributed by atoms with Crippen molar-refractivity contribution in [3.05, 3.63) is 22.5 Å². The van der Waals surface area contributed by atoms with E-state index in [-0.39, 0.29) is 17.9 Å². The summed E-state index contributed by atoms with van der Waals surface area (Å²) in [7, 11) is 0. The second-order valence-electron chi connectivity index (χ2n) is 4.30. The van der Waals surface area contributed by atoms with Crippen LogP contribution in [0.1, 0.15) is 46.0 Å². The molecule has 1 amide bonds. The van der Waals surface area contributed by atoms with Crippen molar-refractivity contribution in [2.75, 3.05) is 6.61 Å². The van der Waals surface area contributed by atoms with Crippen molar-refractivity contribution < 1.29 is 23.9 Å². The Morgan fingerprint density at radius 3 is 2.35 bits per heavy atom. The minimum atomic E-state index is -1.04. The van der Waals surface area contributed by atoms with Crippen molar-refractivity contribution >= 4 is 17.8 Å². The SMILES string of the molecule is CCOC(=O)c1[nH]c(C)c(C(=O)O[C@@H](C)C(N)=O)c1C. The van der Waals surface area contributed by atoms with Crippen LogP contribution in [0.5, 0.6) is 0 Å². The van der Waals surface area contributed by atoms with Crippen LogP contribution in [-0.2, 0) is 14.3 Å². The fourth-order valence-corrected chi connectivity index (χ4v) is 1.74. The highest BCUT2D eigenvalue weighted by molar-refractivity contribution is 5.99. The Balaban J connectivity index is 3.05. The van der Waals surface area contributed by atoms with Crippen molar-refractivity contribution in [3.63, 3.8) is 0 Å². The third-order valence-corrected chi connectivity index (χ3v) is 2.81. The molecule has 0 aromatic carbocycles. The zero-order valence-corrected chi connectivity index (χ0v) is 11.9. The number of hydrogen-bond donors (Lipinski definition) is 2. The Bertz CT molecular complexity index is 547. The second-order valence-corrected chi connectivity index (χ2v) is 4.30. The molecule has 7 nitrogen and oxygen atoms in total. The zero-order valence-electron chi connectivity index (χ0n) is 11.9. The van der Waals surface area contributed by atoms with E-state index in [9.17, 15) is 14.4 Å². The first-order valence-electron chi connectivity index (χ1n) is 6.16. The van der Waals surface area contributed by atoms with Gasteiger partial charge in [0.2, 0.25) is 0 Å². The van der Waals surface area contributed by atoms with Gasteiger partial charge in [-0.25, -0.2) is 9.59 Å². The fourth-order valence-electron chi connectivity index (χ4n) is 1.74. The zero-order chi connectivity index (χ0) is 15.4. The predicted octanol–water partition coefficient (Wildman–Crippen LogP) is 0.839. The van der Waals surface area contributed by atoms with Gasteiger partial charge in [0.1, 0.15) is 5.69 Å². The minimum absolute atomic E-state index is 0.197. The summed E-state index contributed by atoms with van der Waals surface area (Å²) in [5.74, 6) is -2.00. The van der Waals surface area contributed by atoms with Gasteiger partial charge >= 0.3 is 11.9 Å². The van der Waals surface area contributed by atoms with Crippen molar-refractivity contribution in [1.82, 2.24) is 4.98 Å². The second kappa shape index (κ2) is 6.23. The molecule has 0 radical (unpaired) electrons. The number of aryl methyl sites for hydroxylation is 1. The smallest absolute Gasteiger partial charge is 0.355 e. The number of rotatable bonds is 5. The normalized spacial score (nSPS) is 11.8. The highest BCUT2D eigenvalue weighted by Gasteiger charge is 2.25. The first kappa shape index (κ1) is 15.7. The number of carbonyl (C=O) groups is 3. The van der Waals surface area contributed by atoms with Crippen molar-refractivity contribution in [3.8, 4) is 0 Å². The summed E-state index contributed by atoms with van der Waals surface area (Å²) >= 11 is 0. The first-order chi connectivity index (χ1) is 9.29. The Morgan fingerprint density at radius 2 is 1.85 bits per heavy atom. The Morgan fingerprint density at radius 1 is 1.25 bits per heavy atom. The molecular weight excluding hydrogens is 264 g/mol. The van der Waals surface area contributed by atoms with E-state index in [4.69, 9.17) is 15.2 Å². The molecule has 3 N–H and O–H groups in total. The molecule has 20 heavy (non-hydrogen) atoms. The van der Waals surface area contributed by atoms with Crippen molar-refractivity contribution in [2.45, 2.75) is 33.8 Å². The quantitative estimate of drug-likeness (QED) is 0.777. The van der Waals surface area contributed by atoms with Crippen LogP contribution in [0.15, 0.2) is 0 Å². The molecule has 1 atom stereocenters. The third kappa shape index (κ3) is 3.17. The van der Waals surface area contributed by atoms with Crippen LogP contribution in [0.2, 0.25) is 0 Å². The minimum Gasteiger partial charge on any atom is -0.461 e. The van der Waals surface area contributed by atoms with E-state index in [1.807, 2.05) is 0 Å². The molecule has 1 aromatic heterocycles. The van der Waals surface area contributed by atoms with Gasteiger partial charge in [0.15, 0.2) is 6.10 Å². The van der Waals surface area contributed by atoms with Crippen molar-refractivity contribution in [1.29, 1.82) is 0 Å². The number of aromatic amines is 1. The number of esters is 2. The number of amides is 1. The first-order valence-corrected chi connectivity index (χ1v) is 6.16. The van der Waals surface area contributed by atoms with Crippen LogP contribution < -0.4 is 5.73 Å². The van der Waals surface area contributed by atoms with E-state index < -0.39 is 23.9 Å². The van der Waals surface area contributed by atoms with E-state index in [2.05, 4.69) is 4.98 Å². The number of nitrogens with one attached hydrogen (secondary N) is 1. The number of primary amides is 1. The Kier molecular flexibility index (Phi) is 4.90. The average molecular weight is 282 g/mol.